The summed E-state index contributed by atoms with van der Waals surface area (Å²) in [5, 5.41) is 13.0. The van der Waals surface area contributed by atoms with E-state index in [9.17, 15) is 14.7 Å². The number of allylic oxidation sites excluding steroid dienone is 3. The Morgan fingerprint density at radius 2 is 1.43 bits per heavy atom. The highest BCUT2D eigenvalue weighted by molar-refractivity contribution is 6.43. The van der Waals surface area contributed by atoms with Crippen LogP contribution in [0.1, 0.15) is 45.6 Å². The van der Waals surface area contributed by atoms with Gasteiger partial charge in [-0.15, -0.1) is 0 Å². The Morgan fingerprint density at radius 3 is 1.87 bits per heavy atom. The van der Waals surface area contributed by atoms with E-state index in [0.29, 0.717) is 17.6 Å². The summed E-state index contributed by atoms with van der Waals surface area (Å²) in [5.41, 5.74) is 3.37. The van der Waals surface area contributed by atoms with Gasteiger partial charge in [0.05, 0.1) is 6.42 Å². The second-order valence-corrected chi connectivity index (χ2v) is 7.26. The van der Waals surface area contributed by atoms with Gasteiger partial charge < -0.3 is 10.0 Å². The third-order valence-corrected chi connectivity index (χ3v) is 5.18. The summed E-state index contributed by atoms with van der Waals surface area (Å²) in [6.07, 6.45) is 4.99. The van der Waals surface area contributed by atoms with Crippen LogP contribution in [0.5, 0.6) is 0 Å². The molecule has 2 aliphatic carbocycles. The predicted molar refractivity (Wildman–Crippen MR) is 122 cm³/mol. The molecule has 3 atom stereocenters. The maximum atomic E-state index is 13.0. The van der Waals surface area contributed by atoms with Crippen LogP contribution in [0.2, 0.25) is 0 Å². The monoisotopic (exact) mass is 412 g/mol. The first kappa shape index (κ1) is 25.5. The molecule has 0 aromatic heterocycles. The van der Waals surface area contributed by atoms with Crippen LogP contribution in [0.15, 0.2) is 48.1 Å². The zero-order chi connectivity index (χ0) is 23.0. The summed E-state index contributed by atoms with van der Waals surface area (Å²) in [6.45, 7) is 8.00. The lowest BCUT2D eigenvalue weighted by Crippen LogP contribution is -2.37. The highest BCUT2D eigenvalue weighted by atomic mass is 16.3. The van der Waals surface area contributed by atoms with Crippen LogP contribution in [0.25, 0.3) is 0 Å². The minimum atomic E-state index is -1.28. The Hall–Kier alpha value is -2.53. The third kappa shape index (κ3) is 5.33. The van der Waals surface area contributed by atoms with Gasteiger partial charge in [-0.25, -0.2) is 4.58 Å². The van der Waals surface area contributed by atoms with Crippen molar-refractivity contribution in [2.75, 3.05) is 33.1 Å². The van der Waals surface area contributed by atoms with Gasteiger partial charge in [-0.2, -0.15) is 0 Å². The number of rotatable bonds is 3. The van der Waals surface area contributed by atoms with E-state index in [1.165, 1.54) is 0 Å². The lowest BCUT2D eigenvalue weighted by molar-refractivity contribution is -0.464. The molecule has 0 N–H and O–H groups in total. The second-order valence-electron chi connectivity index (χ2n) is 7.26. The fourth-order valence-corrected chi connectivity index (χ4v) is 3.57. The summed E-state index contributed by atoms with van der Waals surface area (Å²) >= 11 is 0. The molecule has 2 aliphatic rings. The minimum Gasteiger partial charge on any atom is -0.850 e. The maximum absolute atomic E-state index is 13.0. The first-order valence-corrected chi connectivity index (χ1v) is 10.7. The minimum absolute atomic E-state index is 0.559. The predicted octanol–water partition coefficient (Wildman–Crippen LogP) is 2.98. The first-order valence-electron chi connectivity index (χ1n) is 10.7. The highest BCUT2D eigenvalue weighted by Gasteiger charge is 2.45. The summed E-state index contributed by atoms with van der Waals surface area (Å²) in [7, 11) is 7.75. The summed E-state index contributed by atoms with van der Waals surface area (Å²) in [5.74, 6) is -2.92. The van der Waals surface area contributed by atoms with E-state index in [2.05, 4.69) is 0 Å². The molecule has 30 heavy (non-hydrogen) atoms. The van der Waals surface area contributed by atoms with Crippen LogP contribution in [0, 0.1) is 5.92 Å². The largest absolute Gasteiger partial charge is 0.850 e. The second kappa shape index (κ2) is 11.6. The molecule has 3 unspecified atom stereocenters. The van der Waals surface area contributed by atoms with Crippen molar-refractivity contribution in [2.45, 2.75) is 46.1 Å². The lowest BCUT2D eigenvalue weighted by atomic mass is 9.87. The smallest absolute Gasteiger partial charge is 0.205 e. The van der Waals surface area contributed by atoms with Gasteiger partial charge in [0.25, 0.3) is 0 Å². The standard InChI is InChI=1S/C21H24N2O3.2C2H6/c1-22(2)15-9-5-13(6-10-15)17-19(24)18(21(26)20(17)25)14-7-11-16(12-8-14)23(3)4;2*1-2/h5-11,17-19H,12H2,1-4H3;2*1-2H3. The van der Waals surface area contributed by atoms with Crippen molar-refractivity contribution in [1.82, 2.24) is 0 Å². The summed E-state index contributed by atoms with van der Waals surface area (Å²) in [4.78, 5) is 27.0. The van der Waals surface area contributed by atoms with Gasteiger partial charge in [0.15, 0.2) is 5.71 Å². The van der Waals surface area contributed by atoms with E-state index in [1.54, 1.807) is 18.2 Å². The SMILES string of the molecule is CC.CC.CN(C)c1ccc(C2C(=O)C(=O)C(C3=CCC(=[N+](C)C)C=C3)C2[O-])cc1. The van der Waals surface area contributed by atoms with Gasteiger partial charge in [0.2, 0.25) is 11.6 Å². The van der Waals surface area contributed by atoms with E-state index in [-0.39, 0.29) is 0 Å². The first-order chi connectivity index (χ1) is 14.3. The molecule has 1 aromatic carbocycles. The Labute approximate surface area is 181 Å². The molecule has 1 saturated carbocycles. The van der Waals surface area contributed by atoms with Crippen LogP contribution < -0.4 is 10.0 Å². The van der Waals surface area contributed by atoms with Gasteiger partial charge in [-0.05, 0) is 23.3 Å². The molecule has 164 valence electrons. The lowest BCUT2D eigenvalue weighted by Gasteiger charge is -2.29. The Balaban J connectivity index is 0.00000106. The zero-order valence-corrected chi connectivity index (χ0v) is 19.6. The number of carbonyl (C=O) groups is 2. The average Bonchev–Trinajstić information content (AvgIpc) is 2.99. The fourth-order valence-electron chi connectivity index (χ4n) is 3.57. The Kier molecular flexibility index (Phi) is 9.86. The molecule has 1 fully saturated rings. The number of benzene rings is 1. The van der Waals surface area contributed by atoms with Crippen molar-refractivity contribution in [3.63, 3.8) is 0 Å². The molecule has 0 aliphatic heterocycles. The average molecular weight is 413 g/mol. The Bertz CT molecular complexity index is 828. The molecule has 0 bridgehead atoms. The van der Waals surface area contributed by atoms with Crippen LogP contribution in [0.4, 0.5) is 5.69 Å². The van der Waals surface area contributed by atoms with E-state index in [0.717, 1.165) is 11.4 Å². The fraction of sp³-hybridized carbons (Fsp3) is 0.480. The molecule has 0 saturated heterocycles. The normalized spacial score (nSPS) is 22.5. The topological polar surface area (TPSA) is 63.5 Å². The number of Topliss-reactive ketones (excluding diaryl/α,β-unsaturated/α-hetero) is 2. The maximum Gasteiger partial charge on any atom is 0.205 e. The molecule has 5 heteroatoms. The van der Waals surface area contributed by atoms with Crippen LogP contribution in [0.3, 0.4) is 0 Å². The zero-order valence-electron chi connectivity index (χ0n) is 19.6. The van der Waals surface area contributed by atoms with Crippen molar-refractivity contribution >= 4 is 23.0 Å². The molecule has 3 rings (SSSR count). The van der Waals surface area contributed by atoms with E-state index >= 15 is 0 Å². The van der Waals surface area contributed by atoms with Crippen molar-refractivity contribution in [3.05, 3.63) is 53.6 Å². The van der Waals surface area contributed by atoms with Gasteiger partial charge in [0.1, 0.15) is 14.1 Å². The molecular weight excluding hydrogens is 376 g/mol. The summed E-state index contributed by atoms with van der Waals surface area (Å²) in [6, 6.07) is 7.29. The van der Waals surface area contributed by atoms with Gasteiger partial charge in [-0.1, -0.05) is 58.1 Å². The van der Waals surface area contributed by atoms with E-state index in [1.807, 2.05) is 89.6 Å². The van der Waals surface area contributed by atoms with Crippen molar-refractivity contribution in [2.24, 2.45) is 5.92 Å². The molecule has 0 spiro atoms. The number of hydrogen-bond acceptors (Lipinski definition) is 4. The third-order valence-electron chi connectivity index (χ3n) is 5.18. The Morgan fingerprint density at radius 1 is 0.900 bits per heavy atom. The van der Waals surface area contributed by atoms with Gasteiger partial charge in [-0.3, -0.25) is 9.59 Å². The number of nitrogens with zero attached hydrogens (tertiary/aromatic N) is 2. The van der Waals surface area contributed by atoms with Crippen LogP contribution in [-0.4, -0.2) is 56.1 Å². The molecule has 0 radical (unpaired) electrons. The number of anilines is 1. The molecular formula is C25H36N2O3. The van der Waals surface area contributed by atoms with Gasteiger partial charge in [0, 0.05) is 37.7 Å². The molecule has 5 nitrogen and oxygen atoms in total. The van der Waals surface area contributed by atoms with Crippen molar-refractivity contribution in [3.8, 4) is 0 Å². The highest BCUT2D eigenvalue weighted by Crippen LogP contribution is 2.37. The van der Waals surface area contributed by atoms with Gasteiger partial charge >= 0.3 is 0 Å². The molecule has 1 aromatic rings. The summed E-state index contributed by atoms with van der Waals surface area (Å²) < 4.78 is 2.00. The van der Waals surface area contributed by atoms with Crippen LogP contribution >= 0.6 is 0 Å². The van der Waals surface area contributed by atoms with Crippen molar-refractivity contribution < 1.29 is 19.3 Å². The quantitative estimate of drug-likeness (QED) is 0.566. The van der Waals surface area contributed by atoms with E-state index < -0.39 is 29.5 Å². The number of carbonyl (C=O) groups excluding carboxylic acids is 2. The van der Waals surface area contributed by atoms with Crippen molar-refractivity contribution in [1.29, 1.82) is 0 Å². The number of ketones is 2. The van der Waals surface area contributed by atoms with E-state index in [4.69, 9.17) is 0 Å². The molecule has 0 amide bonds. The molecule has 0 heterocycles. The number of hydrogen-bond donors (Lipinski definition) is 0. The van der Waals surface area contributed by atoms with Crippen LogP contribution in [-0.2, 0) is 9.59 Å².